The lowest BCUT2D eigenvalue weighted by Crippen LogP contribution is -2.34. The minimum Gasteiger partial charge on any atom is -0.494 e. The number of hydrogen-bond acceptors (Lipinski definition) is 13. The zero-order valence-electron chi connectivity index (χ0n) is 49.2. The Hall–Kier alpha value is -6.90. The molecule has 3 N–H and O–H groups in total. The molecule has 17 heteroatoms. The summed E-state index contributed by atoms with van der Waals surface area (Å²) in [4.78, 5) is 34.8. The predicted octanol–water partition coefficient (Wildman–Crippen LogP) is 13.7. The molecule has 4 bridgehead atoms. The molecule has 2 saturated heterocycles. The van der Waals surface area contributed by atoms with Crippen LogP contribution in [0.3, 0.4) is 0 Å². The van der Waals surface area contributed by atoms with E-state index in [9.17, 15) is 4.79 Å². The monoisotopic (exact) mass is 1140 g/mol. The van der Waals surface area contributed by atoms with Crippen LogP contribution in [-0.4, -0.2) is 106 Å². The van der Waals surface area contributed by atoms with Crippen molar-refractivity contribution in [1.82, 2.24) is 44.5 Å². The number of ether oxygens (including phenoxy) is 3. The number of Topliss-reactive ketones (excluding diaryl/α,β-unsaturated/α-hetero) is 1. The summed E-state index contributed by atoms with van der Waals surface area (Å²) in [6.45, 7) is 25.1. The molecule has 428 valence electrons. The van der Waals surface area contributed by atoms with Crippen molar-refractivity contribution in [3.8, 4) is 44.8 Å². The Morgan fingerprint density at radius 2 is 1.23 bits per heavy atom. The van der Waals surface area contributed by atoms with E-state index >= 15 is 0 Å². The number of carbonyl (C=O) groups excluding carboxylic acids is 1. The molecule has 0 radical (unpaired) electrons. The number of nitrogens with zero attached hydrogens (tertiary/aromatic N) is 9. The van der Waals surface area contributed by atoms with Gasteiger partial charge in [-0.05, 0) is 88.4 Å². The molecule has 15 nitrogen and oxygen atoms in total. The van der Waals surface area contributed by atoms with Crippen LogP contribution in [-0.2, 0) is 14.2 Å². The standard InChI is InChI=1S/C40H57N5O3Si2.C25H24N6O/c1-9-48-29(2)37-38(34-24-30-15-16-32(34)23-30)43-39-35(33-17-18-36(41-25-33)31-13-11-10-12-14-31)26-42-45(39)40(37)44(27-46-19-21-49(3,4)5)28-47-20-22-50(6,7)8;1-14(32)22-23(18-11-17-8-10-21(18)29-17)30-25-19(13-28-31(25)24(22)26)16-7-9-20(27-12-16)15-5-3-2-4-6-15/h10-14,17-18,25-26,30,32,34H,2,9,15-16,19-24,27-28H2,1,3-8H3;2-7,9,12-13,17-18,21,29H,8,10-11,26H2,1H3. The summed E-state index contributed by atoms with van der Waals surface area (Å²) >= 11 is 0. The van der Waals surface area contributed by atoms with Crippen LogP contribution in [0, 0.1) is 11.8 Å². The van der Waals surface area contributed by atoms with Gasteiger partial charge in [0.2, 0.25) is 0 Å². The van der Waals surface area contributed by atoms with Crippen LogP contribution >= 0.6 is 0 Å². The van der Waals surface area contributed by atoms with E-state index in [4.69, 9.17) is 40.0 Å². The van der Waals surface area contributed by atoms with Gasteiger partial charge in [0.25, 0.3) is 0 Å². The first-order chi connectivity index (χ1) is 39.5. The summed E-state index contributed by atoms with van der Waals surface area (Å²) in [5.74, 6) is 3.71. The van der Waals surface area contributed by atoms with Crippen molar-refractivity contribution < 1.29 is 19.0 Å². The molecular weight excluding hydrogens is 1050 g/mol. The van der Waals surface area contributed by atoms with Crippen molar-refractivity contribution in [2.24, 2.45) is 11.8 Å². The van der Waals surface area contributed by atoms with Gasteiger partial charge in [-0.3, -0.25) is 14.8 Å². The Morgan fingerprint density at radius 3 is 1.70 bits per heavy atom. The number of nitrogens with two attached hydrogens (primary N) is 1. The molecule has 6 aromatic heterocycles. The minimum atomic E-state index is -1.28. The minimum absolute atomic E-state index is 0.0689. The number of carbonyl (C=O) groups is 1. The van der Waals surface area contributed by atoms with E-state index in [1.165, 1.54) is 25.7 Å². The normalized spacial score (nSPS) is 20.1. The van der Waals surface area contributed by atoms with E-state index in [1.54, 1.807) is 17.6 Å². The number of fused-ring (bicyclic) bond motifs is 6. The topological polar surface area (TPSA) is 172 Å². The van der Waals surface area contributed by atoms with Crippen LogP contribution < -0.4 is 16.0 Å². The molecule has 6 unspecified atom stereocenters. The molecule has 6 atom stereocenters. The van der Waals surface area contributed by atoms with E-state index in [-0.39, 0.29) is 11.7 Å². The highest BCUT2D eigenvalue weighted by Gasteiger charge is 2.45. The lowest BCUT2D eigenvalue weighted by molar-refractivity contribution is 0.0940. The van der Waals surface area contributed by atoms with Gasteiger partial charge in [0, 0.05) is 99.1 Å². The van der Waals surface area contributed by atoms with Crippen LogP contribution in [0.15, 0.2) is 116 Å². The fourth-order valence-corrected chi connectivity index (χ4v) is 14.3. The van der Waals surface area contributed by atoms with Gasteiger partial charge in [-0.2, -0.15) is 19.2 Å². The number of pyridine rings is 2. The number of anilines is 2. The number of benzene rings is 2. The molecule has 2 saturated carbocycles. The smallest absolute Gasteiger partial charge is 0.165 e. The molecule has 2 aliphatic heterocycles. The van der Waals surface area contributed by atoms with Gasteiger partial charge in [-0.25, -0.2) is 9.97 Å². The van der Waals surface area contributed by atoms with Crippen LogP contribution in [0.1, 0.15) is 97.9 Å². The van der Waals surface area contributed by atoms with Gasteiger partial charge in [-0.15, -0.1) is 0 Å². The average molecular weight is 1140 g/mol. The predicted molar refractivity (Wildman–Crippen MR) is 334 cm³/mol. The van der Waals surface area contributed by atoms with Crippen LogP contribution in [0.2, 0.25) is 51.4 Å². The summed E-state index contributed by atoms with van der Waals surface area (Å²) < 4.78 is 22.8. The third-order valence-electron chi connectivity index (χ3n) is 17.1. The molecule has 12 rings (SSSR count). The number of nitrogens with one attached hydrogen (secondary N) is 1. The molecule has 2 aromatic carbocycles. The lowest BCUT2D eigenvalue weighted by Gasteiger charge is -2.31. The van der Waals surface area contributed by atoms with Crippen LogP contribution in [0.5, 0.6) is 0 Å². The lowest BCUT2D eigenvalue weighted by atomic mass is 9.84. The first-order valence-corrected chi connectivity index (χ1v) is 37.0. The van der Waals surface area contributed by atoms with E-state index in [0.29, 0.717) is 80.0 Å². The Kier molecular flexibility index (Phi) is 16.8. The highest BCUT2D eigenvalue weighted by Crippen LogP contribution is 2.54. The third kappa shape index (κ3) is 12.3. The van der Waals surface area contributed by atoms with Crippen molar-refractivity contribution in [2.45, 2.75) is 134 Å². The highest BCUT2D eigenvalue weighted by atomic mass is 28.3. The second kappa shape index (κ2) is 24.1. The van der Waals surface area contributed by atoms with Gasteiger partial charge in [0.1, 0.15) is 30.9 Å². The summed E-state index contributed by atoms with van der Waals surface area (Å²) in [5, 5.41) is 13.2. The molecule has 0 amide bonds. The zero-order chi connectivity index (χ0) is 57.3. The molecule has 2 aliphatic carbocycles. The van der Waals surface area contributed by atoms with Gasteiger partial charge in [-0.1, -0.05) is 125 Å². The highest BCUT2D eigenvalue weighted by molar-refractivity contribution is 6.76. The fraction of sp³-hybridized carbons (Fsp3) is 0.431. The maximum atomic E-state index is 12.6. The summed E-state index contributed by atoms with van der Waals surface area (Å²) in [7, 11) is -2.55. The van der Waals surface area contributed by atoms with E-state index in [0.717, 1.165) is 110 Å². The van der Waals surface area contributed by atoms with E-state index in [1.807, 2.05) is 90.7 Å². The quantitative estimate of drug-likeness (QED) is 0.0229. The molecule has 8 heterocycles. The van der Waals surface area contributed by atoms with Crippen molar-refractivity contribution in [1.29, 1.82) is 0 Å². The van der Waals surface area contributed by atoms with Gasteiger partial charge in [0.05, 0.1) is 52.9 Å². The maximum Gasteiger partial charge on any atom is 0.165 e. The molecule has 4 fully saturated rings. The van der Waals surface area contributed by atoms with Gasteiger partial charge < -0.3 is 30.2 Å². The molecular formula is C65H81N11O4Si2. The van der Waals surface area contributed by atoms with E-state index in [2.05, 4.69) is 90.4 Å². The first-order valence-electron chi connectivity index (χ1n) is 29.6. The van der Waals surface area contributed by atoms with Crippen molar-refractivity contribution >= 4 is 50.6 Å². The molecule has 4 aliphatic rings. The SMILES string of the molecule is C=C(OCC)c1c(C2CC3CCC2C3)nc2c(-c3ccc(-c4ccccc4)nc3)cnn2c1N(COCC[Si](C)(C)C)COCC[Si](C)(C)C.CC(=O)c1c(C2CC3CCC2N3)nc2c(-c3ccc(-c4ccccc4)nc3)cnn2c1N. The number of ketones is 1. The summed E-state index contributed by atoms with van der Waals surface area (Å²) in [5.41, 5.74) is 19.0. The Morgan fingerprint density at radius 1 is 0.671 bits per heavy atom. The Labute approximate surface area is 485 Å². The largest absolute Gasteiger partial charge is 0.494 e. The average Bonchev–Trinajstić information content (AvgIpc) is 3.11. The fourth-order valence-electron chi connectivity index (χ4n) is 12.8. The third-order valence-corrected chi connectivity index (χ3v) is 20.5. The van der Waals surface area contributed by atoms with Gasteiger partial charge in [0.15, 0.2) is 17.1 Å². The number of nitrogen functional groups attached to an aromatic ring is 1. The molecule has 8 aromatic rings. The Bertz CT molecular complexity index is 3520. The molecule has 0 spiro atoms. The van der Waals surface area contributed by atoms with E-state index < -0.39 is 16.1 Å². The van der Waals surface area contributed by atoms with Crippen molar-refractivity contribution in [3.05, 3.63) is 139 Å². The Balaban J connectivity index is 0.000000189. The van der Waals surface area contributed by atoms with Gasteiger partial charge >= 0.3 is 0 Å². The van der Waals surface area contributed by atoms with Crippen molar-refractivity contribution in [3.63, 3.8) is 0 Å². The number of hydrogen-bond donors (Lipinski definition) is 2. The molecule has 82 heavy (non-hydrogen) atoms. The second-order valence-corrected chi connectivity index (χ2v) is 36.7. The summed E-state index contributed by atoms with van der Waals surface area (Å²) in [6, 6.07) is 31.7. The second-order valence-electron chi connectivity index (χ2n) is 25.5. The van der Waals surface area contributed by atoms with Crippen LogP contribution in [0.4, 0.5) is 11.6 Å². The zero-order valence-corrected chi connectivity index (χ0v) is 51.2. The van der Waals surface area contributed by atoms with Crippen LogP contribution in [0.25, 0.3) is 61.8 Å². The van der Waals surface area contributed by atoms with Crippen molar-refractivity contribution in [2.75, 3.05) is 43.9 Å². The first kappa shape index (κ1) is 56.9. The number of aromatic nitrogens is 8. The number of rotatable bonds is 21. The summed E-state index contributed by atoms with van der Waals surface area (Å²) in [6.07, 6.45) is 15.7. The maximum absolute atomic E-state index is 12.6.